The Labute approximate surface area is 91.0 Å². The minimum Gasteiger partial charge on any atom is -0.366 e. The lowest BCUT2D eigenvalue weighted by Gasteiger charge is -2.34. The number of hydrogen-bond donors (Lipinski definition) is 1. The van der Waals surface area contributed by atoms with E-state index in [1.54, 1.807) is 0 Å². The third kappa shape index (κ3) is 2.69. The first-order chi connectivity index (χ1) is 7.27. The number of likely N-dealkylation sites (tertiary alicyclic amines) is 1. The first-order valence-corrected chi connectivity index (χ1v) is 5.88. The second kappa shape index (κ2) is 4.94. The predicted octanol–water partition coefficient (Wildman–Crippen LogP) is 0.233. The van der Waals surface area contributed by atoms with Gasteiger partial charge in [0.15, 0.2) is 0 Å². The standard InChI is InChI=1S/C11H20N2O2/c1-9-2-5-13(6-3-9)11(14)10-8-12-4-7-15-10/h9-10,12H,2-8H2,1H3. The molecule has 0 spiro atoms. The van der Waals surface area contributed by atoms with Crippen LogP contribution in [0.4, 0.5) is 0 Å². The molecule has 2 fully saturated rings. The number of piperidine rings is 1. The molecule has 2 heterocycles. The van der Waals surface area contributed by atoms with Gasteiger partial charge < -0.3 is 15.0 Å². The fourth-order valence-corrected chi connectivity index (χ4v) is 2.16. The molecular weight excluding hydrogens is 192 g/mol. The third-order valence-electron chi connectivity index (χ3n) is 3.30. The van der Waals surface area contributed by atoms with Gasteiger partial charge in [0.1, 0.15) is 6.10 Å². The van der Waals surface area contributed by atoms with Crippen LogP contribution in [0.1, 0.15) is 19.8 Å². The Morgan fingerprint density at radius 2 is 2.13 bits per heavy atom. The molecule has 0 aromatic rings. The quantitative estimate of drug-likeness (QED) is 0.676. The molecule has 0 aliphatic carbocycles. The first kappa shape index (κ1) is 10.9. The van der Waals surface area contributed by atoms with E-state index in [0.717, 1.165) is 38.4 Å². The van der Waals surface area contributed by atoms with Crippen LogP contribution in [0.25, 0.3) is 0 Å². The topological polar surface area (TPSA) is 41.6 Å². The van der Waals surface area contributed by atoms with Gasteiger partial charge in [-0.3, -0.25) is 4.79 Å². The summed E-state index contributed by atoms with van der Waals surface area (Å²) in [6.45, 7) is 6.24. The van der Waals surface area contributed by atoms with Gasteiger partial charge in [-0.25, -0.2) is 0 Å². The Balaban J connectivity index is 1.84. The fraction of sp³-hybridized carbons (Fsp3) is 0.909. The molecule has 0 aromatic carbocycles. The lowest BCUT2D eigenvalue weighted by Crippen LogP contribution is -2.51. The zero-order valence-electron chi connectivity index (χ0n) is 9.37. The molecule has 2 rings (SSSR count). The Morgan fingerprint density at radius 3 is 2.73 bits per heavy atom. The van der Waals surface area contributed by atoms with Crippen molar-refractivity contribution in [2.24, 2.45) is 5.92 Å². The number of hydrogen-bond acceptors (Lipinski definition) is 3. The Bertz CT molecular complexity index is 219. The number of morpholine rings is 1. The summed E-state index contributed by atoms with van der Waals surface area (Å²) in [6, 6.07) is 0. The number of nitrogens with one attached hydrogen (secondary N) is 1. The van der Waals surface area contributed by atoms with Crippen molar-refractivity contribution in [1.29, 1.82) is 0 Å². The zero-order valence-corrected chi connectivity index (χ0v) is 9.37. The summed E-state index contributed by atoms with van der Waals surface area (Å²) in [5, 5.41) is 3.19. The summed E-state index contributed by atoms with van der Waals surface area (Å²) in [5.41, 5.74) is 0. The van der Waals surface area contributed by atoms with Crippen molar-refractivity contribution in [2.45, 2.75) is 25.9 Å². The van der Waals surface area contributed by atoms with Crippen LogP contribution < -0.4 is 5.32 Å². The number of carbonyl (C=O) groups is 1. The first-order valence-electron chi connectivity index (χ1n) is 5.88. The van der Waals surface area contributed by atoms with Crippen LogP contribution in [0.5, 0.6) is 0 Å². The van der Waals surface area contributed by atoms with Gasteiger partial charge in [-0.1, -0.05) is 6.92 Å². The summed E-state index contributed by atoms with van der Waals surface area (Å²) in [7, 11) is 0. The summed E-state index contributed by atoms with van der Waals surface area (Å²) in [5.74, 6) is 0.938. The minimum atomic E-state index is -0.243. The molecular formula is C11H20N2O2. The van der Waals surface area contributed by atoms with Crippen LogP contribution in [-0.4, -0.2) is 49.7 Å². The van der Waals surface area contributed by atoms with E-state index >= 15 is 0 Å². The van der Waals surface area contributed by atoms with Gasteiger partial charge in [0.05, 0.1) is 6.61 Å². The maximum Gasteiger partial charge on any atom is 0.253 e. The van der Waals surface area contributed by atoms with Crippen molar-refractivity contribution >= 4 is 5.91 Å². The maximum absolute atomic E-state index is 12.0. The number of amides is 1. The second-order valence-corrected chi connectivity index (χ2v) is 4.57. The summed E-state index contributed by atoms with van der Waals surface area (Å²) >= 11 is 0. The van der Waals surface area contributed by atoms with Crippen LogP contribution in [0, 0.1) is 5.92 Å². The highest BCUT2D eigenvalue weighted by Gasteiger charge is 2.28. The van der Waals surface area contributed by atoms with Gasteiger partial charge >= 0.3 is 0 Å². The van der Waals surface area contributed by atoms with Gasteiger partial charge in [-0.2, -0.15) is 0 Å². The molecule has 4 heteroatoms. The smallest absolute Gasteiger partial charge is 0.253 e. The van der Waals surface area contributed by atoms with Crippen molar-refractivity contribution in [2.75, 3.05) is 32.8 Å². The molecule has 0 aromatic heterocycles. The number of ether oxygens (including phenoxy) is 1. The number of carbonyl (C=O) groups excluding carboxylic acids is 1. The van der Waals surface area contributed by atoms with Crippen molar-refractivity contribution in [3.05, 3.63) is 0 Å². The summed E-state index contributed by atoms with van der Waals surface area (Å²) in [6.07, 6.45) is 2.02. The predicted molar refractivity (Wildman–Crippen MR) is 57.6 cm³/mol. The van der Waals surface area contributed by atoms with E-state index in [9.17, 15) is 4.79 Å². The average molecular weight is 212 g/mol. The van der Waals surface area contributed by atoms with Crippen molar-refractivity contribution in [1.82, 2.24) is 10.2 Å². The second-order valence-electron chi connectivity index (χ2n) is 4.57. The van der Waals surface area contributed by atoms with E-state index in [1.807, 2.05) is 4.90 Å². The molecule has 86 valence electrons. The number of rotatable bonds is 1. The van der Waals surface area contributed by atoms with Crippen molar-refractivity contribution in [3.8, 4) is 0 Å². The van der Waals surface area contributed by atoms with Crippen LogP contribution in [0.15, 0.2) is 0 Å². The van der Waals surface area contributed by atoms with E-state index in [4.69, 9.17) is 4.74 Å². The van der Waals surface area contributed by atoms with Crippen LogP contribution in [-0.2, 0) is 9.53 Å². The Hall–Kier alpha value is -0.610. The zero-order chi connectivity index (χ0) is 10.7. The van der Waals surface area contributed by atoms with Crippen LogP contribution in [0.3, 0.4) is 0 Å². The highest BCUT2D eigenvalue weighted by molar-refractivity contribution is 5.81. The van der Waals surface area contributed by atoms with E-state index in [2.05, 4.69) is 12.2 Å². The molecule has 0 bridgehead atoms. The van der Waals surface area contributed by atoms with E-state index in [-0.39, 0.29) is 12.0 Å². The van der Waals surface area contributed by atoms with Gasteiger partial charge in [-0.05, 0) is 18.8 Å². The molecule has 1 amide bonds. The largest absolute Gasteiger partial charge is 0.366 e. The maximum atomic E-state index is 12.0. The molecule has 2 saturated heterocycles. The molecule has 4 nitrogen and oxygen atoms in total. The van der Waals surface area contributed by atoms with E-state index < -0.39 is 0 Å². The molecule has 15 heavy (non-hydrogen) atoms. The van der Waals surface area contributed by atoms with Crippen molar-refractivity contribution in [3.63, 3.8) is 0 Å². The minimum absolute atomic E-state index is 0.175. The summed E-state index contributed by atoms with van der Waals surface area (Å²) < 4.78 is 5.47. The highest BCUT2D eigenvalue weighted by Crippen LogP contribution is 2.17. The molecule has 1 unspecified atom stereocenters. The van der Waals surface area contributed by atoms with Crippen molar-refractivity contribution < 1.29 is 9.53 Å². The SMILES string of the molecule is CC1CCN(C(=O)C2CNCCO2)CC1. The lowest BCUT2D eigenvalue weighted by molar-refractivity contribution is -0.146. The highest BCUT2D eigenvalue weighted by atomic mass is 16.5. The Kier molecular flexibility index (Phi) is 3.59. The van der Waals surface area contributed by atoms with Gasteiger partial charge in [0.25, 0.3) is 5.91 Å². The lowest BCUT2D eigenvalue weighted by atomic mass is 9.99. The normalized spacial score (nSPS) is 29.1. The van der Waals surface area contributed by atoms with Crippen LogP contribution in [0.2, 0.25) is 0 Å². The van der Waals surface area contributed by atoms with E-state index in [0.29, 0.717) is 13.2 Å². The third-order valence-corrected chi connectivity index (χ3v) is 3.30. The Morgan fingerprint density at radius 1 is 1.40 bits per heavy atom. The fourth-order valence-electron chi connectivity index (χ4n) is 2.16. The van der Waals surface area contributed by atoms with Gasteiger partial charge in [0, 0.05) is 26.2 Å². The molecule has 1 atom stereocenters. The molecule has 0 saturated carbocycles. The number of nitrogens with zero attached hydrogens (tertiary/aromatic N) is 1. The average Bonchev–Trinajstić information content (AvgIpc) is 2.30. The molecule has 1 N–H and O–H groups in total. The van der Waals surface area contributed by atoms with Gasteiger partial charge in [0.2, 0.25) is 0 Å². The molecule has 2 aliphatic heterocycles. The molecule has 0 radical (unpaired) electrons. The monoisotopic (exact) mass is 212 g/mol. The molecule has 2 aliphatic rings. The van der Waals surface area contributed by atoms with E-state index in [1.165, 1.54) is 0 Å². The van der Waals surface area contributed by atoms with Crippen LogP contribution >= 0.6 is 0 Å². The van der Waals surface area contributed by atoms with Gasteiger partial charge in [-0.15, -0.1) is 0 Å². The summed E-state index contributed by atoms with van der Waals surface area (Å²) in [4.78, 5) is 14.0.